The number of hydrogen-bond acceptors (Lipinski definition) is 2. The SMILES string of the molecule is Cc1ccccc1C(=O)N1C[C@H](C(=O)NCCC(C)C)[C@@H](c2ccccc2C)C1. The predicted octanol–water partition coefficient (Wildman–Crippen LogP) is 4.32. The molecule has 0 aliphatic carbocycles. The van der Waals surface area contributed by atoms with E-state index in [0.717, 1.165) is 23.1 Å². The first-order valence-corrected chi connectivity index (χ1v) is 10.6. The minimum Gasteiger partial charge on any atom is -0.356 e. The third-order valence-electron chi connectivity index (χ3n) is 5.93. The molecule has 1 saturated heterocycles. The molecule has 2 aromatic carbocycles. The monoisotopic (exact) mass is 392 g/mol. The molecular formula is C25H32N2O2. The summed E-state index contributed by atoms with van der Waals surface area (Å²) in [7, 11) is 0. The van der Waals surface area contributed by atoms with Gasteiger partial charge in [-0.3, -0.25) is 9.59 Å². The lowest BCUT2D eigenvalue weighted by Gasteiger charge is -2.20. The second-order valence-corrected chi connectivity index (χ2v) is 8.57. The van der Waals surface area contributed by atoms with E-state index < -0.39 is 0 Å². The molecule has 0 aromatic heterocycles. The van der Waals surface area contributed by atoms with Crippen molar-refractivity contribution in [2.45, 2.75) is 40.0 Å². The van der Waals surface area contributed by atoms with Gasteiger partial charge in [0.2, 0.25) is 5.91 Å². The molecule has 0 unspecified atom stereocenters. The Hall–Kier alpha value is -2.62. The van der Waals surface area contributed by atoms with Gasteiger partial charge in [0.1, 0.15) is 0 Å². The normalized spacial score (nSPS) is 18.9. The van der Waals surface area contributed by atoms with Gasteiger partial charge in [0.05, 0.1) is 5.92 Å². The first-order chi connectivity index (χ1) is 13.9. The molecule has 1 heterocycles. The molecule has 2 aromatic rings. The largest absolute Gasteiger partial charge is 0.356 e. The minimum absolute atomic E-state index is 0.0131. The zero-order chi connectivity index (χ0) is 21.0. The summed E-state index contributed by atoms with van der Waals surface area (Å²) in [6.45, 7) is 10.0. The molecule has 0 saturated carbocycles. The third-order valence-corrected chi connectivity index (χ3v) is 5.93. The summed E-state index contributed by atoms with van der Waals surface area (Å²) in [6, 6.07) is 15.9. The van der Waals surface area contributed by atoms with Gasteiger partial charge in [-0.25, -0.2) is 0 Å². The van der Waals surface area contributed by atoms with Crippen molar-refractivity contribution in [2.24, 2.45) is 11.8 Å². The summed E-state index contributed by atoms with van der Waals surface area (Å²) in [6.07, 6.45) is 0.958. The number of hydrogen-bond donors (Lipinski definition) is 1. The first kappa shape index (κ1) is 21.1. The molecule has 2 amide bonds. The summed E-state index contributed by atoms with van der Waals surface area (Å²) < 4.78 is 0. The Morgan fingerprint density at radius 1 is 1.00 bits per heavy atom. The van der Waals surface area contributed by atoms with E-state index in [2.05, 4.69) is 38.2 Å². The second-order valence-electron chi connectivity index (χ2n) is 8.57. The van der Waals surface area contributed by atoms with Crippen LogP contribution in [0.25, 0.3) is 0 Å². The first-order valence-electron chi connectivity index (χ1n) is 10.6. The highest BCUT2D eigenvalue weighted by Crippen LogP contribution is 2.35. The van der Waals surface area contributed by atoms with Crippen LogP contribution in [-0.2, 0) is 4.79 Å². The Morgan fingerprint density at radius 2 is 1.66 bits per heavy atom. The van der Waals surface area contributed by atoms with Crippen molar-refractivity contribution in [3.05, 3.63) is 70.8 Å². The highest BCUT2D eigenvalue weighted by Gasteiger charge is 2.41. The van der Waals surface area contributed by atoms with Gasteiger partial charge in [0.15, 0.2) is 0 Å². The Balaban J connectivity index is 1.84. The van der Waals surface area contributed by atoms with Crippen LogP contribution in [0.4, 0.5) is 0 Å². The third kappa shape index (κ3) is 4.87. The molecule has 2 atom stereocenters. The predicted molar refractivity (Wildman–Crippen MR) is 117 cm³/mol. The molecule has 1 fully saturated rings. The van der Waals surface area contributed by atoms with Crippen LogP contribution in [0.5, 0.6) is 0 Å². The van der Waals surface area contributed by atoms with Gasteiger partial charge >= 0.3 is 0 Å². The van der Waals surface area contributed by atoms with Crippen LogP contribution >= 0.6 is 0 Å². The number of rotatable bonds is 6. The van der Waals surface area contributed by atoms with Crippen LogP contribution in [0.3, 0.4) is 0 Å². The molecule has 4 heteroatoms. The lowest BCUT2D eigenvalue weighted by Crippen LogP contribution is -2.36. The number of likely N-dealkylation sites (tertiary alicyclic amines) is 1. The van der Waals surface area contributed by atoms with E-state index in [9.17, 15) is 9.59 Å². The van der Waals surface area contributed by atoms with Crippen LogP contribution in [0.15, 0.2) is 48.5 Å². The van der Waals surface area contributed by atoms with Crippen molar-refractivity contribution < 1.29 is 9.59 Å². The van der Waals surface area contributed by atoms with Gasteiger partial charge in [-0.05, 0) is 48.9 Å². The lowest BCUT2D eigenvalue weighted by atomic mass is 9.86. The van der Waals surface area contributed by atoms with Crippen molar-refractivity contribution in [3.63, 3.8) is 0 Å². The quantitative estimate of drug-likeness (QED) is 0.796. The van der Waals surface area contributed by atoms with Crippen molar-refractivity contribution in [3.8, 4) is 0 Å². The summed E-state index contributed by atoms with van der Waals surface area (Å²) in [5, 5.41) is 3.11. The van der Waals surface area contributed by atoms with Crippen LogP contribution in [0.2, 0.25) is 0 Å². The number of nitrogens with one attached hydrogen (secondary N) is 1. The topological polar surface area (TPSA) is 49.4 Å². The van der Waals surface area contributed by atoms with Gasteiger partial charge in [0.25, 0.3) is 5.91 Å². The smallest absolute Gasteiger partial charge is 0.254 e. The van der Waals surface area contributed by atoms with Gasteiger partial charge < -0.3 is 10.2 Å². The van der Waals surface area contributed by atoms with Gasteiger partial charge in [-0.15, -0.1) is 0 Å². The van der Waals surface area contributed by atoms with Crippen molar-refractivity contribution in [1.82, 2.24) is 10.2 Å². The summed E-state index contributed by atoms with van der Waals surface area (Å²) in [4.78, 5) is 28.1. The molecule has 0 radical (unpaired) electrons. The zero-order valence-electron chi connectivity index (χ0n) is 17.9. The molecule has 0 bridgehead atoms. The van der Waals surface area contributed by atoms with Gasteiger partial charge in [0, 0.05) is 31.1 Å². The average Bonchev–Trinajstić information content (AvgIpc) is 3.13. The molecule has 1 N–H and O–H groups in total. The van der Waals surface area contributed by atoms with Gasteiger partial charge in [-0.2, -0.15) is 0 Å². The molecule has 3 rings (SSSR count). The Morgan fingerprint density at radius 3 is 2.31 bits per heavy atom. The maximum Gasteiger partial charge on any atom is 0.254 e. The fourth-order valence-electron chi connectivity index (χ4n) is 4.15. The highest BCUT2D eigenvalue weighted by atomic mass is 16.2. The van der Waals surface area contributed by atoms with Crippen molar-refractivity contribution in [2.75, 3.05) is 19.6 Å². The number of nitrogens with zero attached hydrogens (tertiary/aromatic N) is 1. The molecule has 1 aliphatic heterocycles. The van der Waals surface area contributed by atoms with Crippen molar-refractivity contribution >= 4 is 11.8 Å². The highest BCUT2D eigenvalue weighted by molar-refractivity contribution is 5.96. The maximum absolute atomic E-state index is 13.2. The molecular weight excluding hydrogens is 360 g/mol. The van der Waals surface area contributed by atoms with E-state index >= 15 is 0 Å². The molecule has 1 aliphatic rings. The van der Waals surface area contributed by atoms with Crippen LogP contribution in [-0.4, -0.2) is 36.3 Å². The van der Waals surface area contributed by atoms with Crippen LogP contribution < -0.4 is 5.32 Å². The van der Waals surface area contributed by atoms with E-state index in [0.29, 0.717) is 25.6 Å². The van der Waals surface area contributed by atoms with E-state index in [4.69, 9.17) is 0 Å². The number of carbonyl (C=O) groups is 2. The summed E-state index contributed by atoms with van der Waals surface area (Å²) >= 11 is 0. The fraction of sp³-hybridized carbons (Fsp3) is 0.440. The van der Waals surface area contributed by atoms with E-state index in [-0.39, 0.29) is 23.7 Å². The second kappa shape index (κ2) is 9.25. The Kier molecular flexibility index (Phi) is 6.73. The number of benzene rings is 2. The number of amides is 2. The zero-order valence-corrected chi connectivity index (χ0v) is 17.9. The Labute approximate surface area is 174 Å². The molecule has 0 spiro atoms. The molecule has 154 valence electrons. The number of carbonyl (C=O) groups excluding carboxylic acids is 2. The molecule has 4 nitrogen and oxygen atoms in total. The van der Waals surface area contributed by atoms with E-state index in [1.807, 2.05) is 48.2 Å². The summed E-state index contributed by atoms with van der Waals surface area (Å²) in [5.74, 6) is 0.405. The van der Waals surface area contributed by atoms with Crippen LogP contribution in [0, 0.1) is 25.7 Å². The minimum atomic E-state index is -0.226. The number of aryl methyl sites for hydroxylation is 2. The summed E-state index contributed by atoms with van der Waals surface area (Å²) in [5.41, 5.74) is 4.02. The average molecular weight is 393 g/mol. The maximum atomic E-state index is 13.2. The Bertz CT molecular complexity index is 875. The van der Waals surface area contributed by atoms with E-state index in [1.165, 1.54) is 5.56 Å². The van der Waals surface area contributed by atoms with E-state index in [1.54, 1.807) is 0 Å². The lowest BCUT2D eigenvalue weighted by molar-refractivity contribution is -0.124. The standard InChI is InChI=1S/C25H32N2O2/c1-17(2)13-14-26-24(28)23-16-27(25(29)21-12-8-6-10-19(21)4)15-22(23)20-11-7-5-9-18(20)3/h5-12,17,22-23H,13-16H2,1-4H3,(H,26,28)/t22-,23+/m1/s1. The van der Waals surface area contributed by atoms with Crippen molar-refractivity contribution in [1.29, 1.82) is 0 Å². The fourth-order valence-corrected chi connectivity index (χ4v) is 4.15. The molecule has 29 heavy (non-hydrogen) atoms. The van der Waals surface area contributed by atoms with Gasteiger partial charge in [-0.1, -0.05) is 56.3 Å². The van der Waals surface area contributed by atoms with Crippen LogP contribution in [0.1, 0.15) is 53.2 Å².